The number of hydrogen-bond acceptors (Lipinski definition) is 2. The van der Waals surface area contributed by atoms with Crippen molar-refractivity contribution in [1.29, 1.82) is 0 Å². The number of carbonyl (C=O) groups is 1. The Morgan fingerprint density at radius 3 is 3.07 bits per heavy atom. The maximum atomic E-state index is 10.9. The summed E-state index contributed by atoms with van der Waals surface area (Å²) in [6.07, 6.45) is 3.07. The Bertz CT molecular complexity index is 427. The van der Waals surface area contributed by atoms with Crippen LogP contribution in [0, 0.1) is 11.6 Å². The van der Waals surface area contributed by atoms with Crippen molar-refractivity contribution in [2.75, 3.05) is 6.54 Å². The lowest BCUT2D eigenvalue weighted by Crippen LogP contribution is -2.22. The summed E-state index contributed by atoms with van der Waals surface area (Å²) in [5.74, 6) is 0. The highest BCUT2D eigenvalue weighted by atomic mass is 32.1. The number of aryl methyl sites for hydroxylation is 1. The van der Waals surface area contributed by atoms with Gasteiger partial charge < -0.3 is 9.88 Å². The minimum atomic E-state index is 0.231. The summed E-state index contributed by atoms with van der Waals surface area (Å²) in [7, 11) is 0. The Labute approximate surface area is 94.1 Å². The van der Waals surface area contributed by atoms with Crippen molar-refractivity contribution < 1.29 is 4.79 Å². The van der Waals surface area contributed by atoms with E-state index in [-0.39, 0.29) is 6.04 Å². The zero-order chi connectivity index (χ0) is 10.8. The zero-order valence-electron chi connectivity index (χ0n) is 8.69. The summed E-state index contributed by atoms with van der Waals surface area (Å²) in [6, 6.07) is 4.15. The minimum Gasteiger partial charge on any atom is -0.350 e. The average molecular weight is 222 g/mol. The molecule has 80 valence electrons. The molecule has 2 rings (SSSR count). The van der Waals surface area contributed by atoms with Crippen LogP contribution in [-0.2, 0) is 4.79 Å². The van der Waals surface area contributed by atoms with Gasteiger partial charge in [-0.1, -0.05) is 18.3 Å². The van der Waals surface area contributed by atoms with Gasteiger partial charge in [-0.2, -0.15) is 0 Å². The highest BCUT2D eigenvalue weighted by Gasteiger charge is 2.25. The van der Waals surface area contributed by atoms with E-state index >= 15 is 0 Å². The van der Waals surface area contributed by atoms with E-state index in [9.17, 15) is 4.79 Å². The smallest absolute Gasteiger partial charge is 0.210 e. The SMILES string of the molecule is Cc1[nH]c(=S)ccc1[C@@H]1CCCN1C=O. The van der Waals surface area contributed by atoms with Crippen LogP contribution in [0.2, 0.25) is 0 Å². The minimum absolute atomic E-state index is 0.231. The lowest BCUT2D eigenvalue weighted by Gasteiger charge is -2.21. The molecule has 1 aliphatic rings. The average Bonchev–Trinajstić information content (AvgIpc) is 2.65. The number of likely N-dealkylation sites (tertiary alicyclic amines) is 1. The van der Waals surface area contributed by atoms with Crippen LogP contribution < -0.4 is 0 Å². The van der Waals surface area contributed by atoms with Crippen LogP contribution >= 0.6 is 12.2 Å². The van der Waals surface area contributed by atoms with E-state index in [4.69, 9.17) is 12.2 Å². The lowest BCUT2D eigenvalue weighted by atomic mass is 10.0. The molecule has 0 unspecified atom stereocenters. The van der Waals surface area contributed by atoms with E-state index in [0.29, 0.717) is 0 Å². The van der Waals surface area contributed by atoms with Gasteiger partial charge in [0.15, 0.2) is 0 Å². The summed E-state index contributed by atoms with van der Waals surface area (Å²) in [5.41, 5.74) is 2.26. The van der Waals surface area contributed by atoms with Crippen molar-refractivity contribution in [1.82, 2.24) is 9.88 Å². The number of pyridine rings is 1. The van der Waals surface area contributed by atoms with Gasteiger partial charge in [-0.05, 0) is 31.4 Å². The number of aromatic amines is 1. The second-order valence-electron chi connectivity index (χ2n) is 3.90. The van der Waals surface area contributed by atoms with E-state index in [1.165, 1.54) is 5.56 Å². The number of nitrogens with zero attached hydrogens (tertiary/aromatic N) is 1. The molecule has 3 nitrogen and oxygen atoms in total. The number of carbonyl (C=O) groups excluding carboxylic acids is 1. The Kier molecular flexibility index (Phi) is 2.86. The van der Waals surface area contributed by atoms with Crippen molar-refractivity contribution in [3.05, 3.63) is 28.0 Å². The molecule has 0 spiro atoms. The Balaban J connectivity index is 2.36. The Morgan fingerprint density at radius 2 is 2.40 bits per heavy atom. The van der Waals surface area contributed by atoms with Crippen molar-refractivity contribution in [3.63, 3.8) is 0 Å². The molecule has 0 bridgehead atoms. The zero-order valence-corrected chi connectivity index (χ0v) is 9.51. The normalized spacial score (nSPS) is 20.6. The van der Waals surface area contributed by atoms with E-state index < -0.39 is 0 Å². The summed E-state index contributed by atoms with van der Waals surface area (Å²) in [6.45, 7) is 2.87. The number of nitrogens with one attached hydrogen (secondary N) is 1. The maximum Gasteiger partial charge on any atom is 0.210 e. The molecule has 4 heteroatoms. The highest BCUT2D eigenvalue weighted by molar-refractivity contribution is 7.71. The third-order valence-corrected chi connectivity index (χ3v) is 3.18. The first-order chi connectivity index (χ1) is 7.22. The third-order valence-electron chi connectivity index (χ3n) is 2.95. The number of hydrogen-bond donors (Lipinski definition) is 1. The summed E-state index contributed by atoms with van der Waals surface area (Å²) >= 11 is 5.05. The van der Waals surface area contributed by atoms with Gasteiger partial charge in [0.2, 0.25) is 6.41 Å². The number of amides is 1. The van der Waals surface area contributed by atoms with Gasteiger partial charge in [0.05, 0.1) is 6.04 Å². The quantitative estimate of drug-likeness (QED) is 0.616. The monoisotopic (exact) mass is 222 g/mol. The molecule has 1 aromatic rings. The molecular weight excluding hydrogens is 208 g/mol. The predicted octanol–water partition coefficient (Wildman–Crippen LogP) is 2.35. The van der Waals surface area contributed by atoms with Gasteiger partial charge in [-0.25, -0.2) is 0 Å². The van der Waals surface area contributed by atoms with Gasteiger partial charge in [-0.15, -0.1) is 0 Å². The van der Waals surface area contributed by atoms with Gasteiger partial charge >= 0.3 is 0 Å². The molecule has 0 aliphatic carbocycles. The van der Waals surface area contributed by atoms with Gasteiger partial charge in [-0.3, -0.25) is 4.79 Å². The molecule has 1 N–H and O–H groups in total. The van der Waals surface area contributed by atoms with Crippen molar-refractivity contribution in [2.45, 2.75) is 25.8 Å². The molecule has 1 atom stereocenters. The highest BCUT2D eigenvalue weighted by Crippen LogP contribution is 2.31. The van der Waals surface area contributed by atoms with Crippen LogP contribution in [0.4, 0.5) is 0 Å². The van der Waals surface area contributed by atoms with Crippen LogP contribution in [0.15, 0.2) is 12.1 Å². The van der Waals surface area contributed by atoms with Gasteiger partial charge in [0.1, 0.15) is 4.64 Å². The van der Waals surface area contributed by atoms with Crippen LogP contribution in [0.3, 0.4) is 0 Å². The number of rotatable bonds is 2. The fourth-order valence-electron chi connectivity index (χ4n) is 2.20. The van der Waals surface area contributed by atoms with Crippen molar-refractivity contribution in [2.24, 2.45) is 0 Å². The first kappa shape index (κ1) is 10.4. The lowest BCUT2D eigenvalue weighted by molar-refractivity contribution is -0.118. The Morgan fingerprint density at radius 1 is 1.60 bits per heavy atom. The fraction of sp³-hybridized carbons (Fsp3) is 0.455. The molecule has 1 saturated heterocycles. The first-order valence-electron chi connectivity index (χ1n) is 5.13. The van der Waals surface area contributed by atoms with Crippen LogP contribution in [-0.4, -0.2) is 22.8 Å². The van der Waals surface area contributed by atoms with Gasteiger partial charge in [0.25, 0.3) is 0 Å². The molecule has 15 heavy (non-hydrogen) atoms. The maximum absolute atomic E-state index is 10.9. The van der Waals surface area contributed by atoms with E-state index in [2.05, 4.69) is 4.98 Å². The largest absolute Gasteiger partial charge is 0.350 e. The van der Waals surface area contributed by atoms with E-state index in [0.717, 1.165) is 36.1 Å². The third kappa shape index (κ3) is 1.95. The summed E-state index contributed by atoms with van der Waals surface area (Å²) < 4.78 is 0.743. The molecule has 0 saturated carbocycles. The van der Waals surface area contributed by atoms with Gasteiger partial charge in [0, 0.05) is 12.2 Å². The standard InChI is InChI=1S/C11H14N2OS/c1-8-9(4-5-11(15)12-8)10-3-2-6-13(10)7-14/h4-5,7,10H,2-3,6H2,1H3,(H,12,15)/t10-/m0/s1. The van der Waals surface area contributed by atoms with Crippen LogP contribution in [0.5, 0.6) is 0 Å². The molecule has 1 aliphatic heterocycles. The van der Waals surface area contributed by atoms with Crippen LogP contribution in [0.1, 0.15) is 30.1 Å². The predicted molar refractivity (Wildman–Crippen MR) is 61.1 cm³/mol. The molecule has 0 aromatic carbocycles. The van der Waals surface area contributed by atoms with E-state index in [1.807, 2.05) is 24.0 Å². The fourth-order valence-corrected chi connectivity index (χ4v) is 2.42. The molecular formula is C11H14N2OS. The van der Waals surface area contributed by atoms with Crippen molar-refractivity contribution >= 4 is 18.6 Å². The molecule has 0 radical (unpaired) electrons. The summed E-state index contributed by atoms with van der Waals surface area (Å²) in [5, 5.41) is 0. The van der Waals surface area contributed by atoms with Crippen LogP contribution in [0.25, 0.3) is 0 Å². The molecule has 2 heterocycles. The van der Waals surface area contributed by atoms with E-state index in [1.54, 1.807) is 0 Å². The Hall–Kier alpha value is -1.16. The molecule has 1 amide bonds. The molecule has 1 aromatic heterocycles. The topological polar surface area (TPSA) is 36.1 Å². The number of H-pyrrole nitrogens is 1. The van der Waals surface area contributed by atoms with Crippen molar-refractivity contribution in [3.8, 4) is 0 Å². The summed E-state index contributed by atoms with van der Waals surface area (Å²) in [4.78, 5) is 15.9. The first-order valence-corrected chi connectivity index (χ1v) is 5.54. The second-order valence-corrected chi connectivity index (χ2v) is 4.34. The molecule has 1 fully saturated rings. The second kappa shape index (κ2) is 4.14. The number of aromatic nitrogens is 1.